The molecule has 1 unspecified atom stereocenters. The van der Waals surface area contributed by atoms with E-state index < -0.39 is 11.9 Å². The molecule has 0 bridgehead atoms. The van der Waals surface area contributed by atoms with Gasteiger partial charge in [-0.05, 0) is 45.3 Å². The highest BCUT2D eigenvalue weighted by Gasteiger charge is 2.31. The zero-order valence-corrected chi connectivity index (χ0v) is 17.4. The van der Waals surface area contributed by atoms with Crippen molar-refractivity contribution >= 4 is 28.9 Å². The van der Waals surface area contributed by atoms with Gasteiger partial charge in [0.1, 0.15) is 6.04 Å². The quantitative estimate of drug-likeness (QED) is 0.726. The first-order chi connectivity index (χ1) is 14.5. The number of piperidine rings is 2. The van der Waals surface area contributed by atoms with E-state index in [9.17, 15) is 14.4 Å². The lowest BCUT2D eigenvalue weighted by Crippen LogP contribution is -2.44. The van der Waals surface area contributed by atoms with Crippen LogP contribution in [0.4, 0.5) is 0 Å². The molecular weight excluding hydrogens is 384 g/mol. The van der Waals surface area contributed by atoms with Crippen molar-refractivity contribution in [2.75, 3.05) is 13.1 Å². The van der Waals surface area contributed by atoms with Crippen LogP contribution in [-0.2, 0) is 21.4 Å². The van der Waals surface area contributed by atoms with Gasteiger partial charge in [-0.15, -0.1) is 0 Å². The van der Waals surface area contributed by atoms with E-state index in [2.05, 4.69) is 10.6 Å². The van der Waals surface area contributed by atoms with Gasteiger partial charge in [0.25, 0.3) is 0 Å². The van der Waals surface area contributed by atoms with Gasteiger partial charge in [0.2, 0.25) is 11.8 Å². The van der Waals surface area contributed by atoms with Gasteiger partial charge in [0.15, 0.2) is 0 Å². The molecule has 1 aromatic carbocycles. The van der Waals surface area contributed by atoms with Gasteiger partial charge in [-0.2, -0.15) is 0 Å². The third kappa shape index (κ3) is 3.97. The maximum Gasteiger partial charge on any atom is 0.329 e. The number of aryl methyl sites for hydroxylation is 1. The predicted octanol–water partition coefficient (Wildman–Crippen LogP) is 1.49. The van der Waals surface area contributed by atoms with E-state index in [0.29, 0.717) is 11.9 Å². The minimum Gasteiger partial charge on any atom is -0.371 e. The summed E-state index contributed by atoms with van der Waals surface area (Å²) in [5.41, 5.74) is 2.07. The van der Waals surface area contributed by atoms with Crippen LogP contribution in [0.5, 0.6) is 0 Å². The Balaban J connectivity index is 1.63. The van der Waals surface area contributed by atoms with Crippen LogP contribution >= 0.6 is 0 Å². The molecule has 8 heteroatoms. The maximum atomic E-state index is 13.0. The number of amides is 2. The summed E-state index contributed by atoms with van der Waals surface area (Å²) in [6, 6.07) is 4.99. The Morgan fingerprint density at radius 2 is 1.93 bits per heavy atom. The molecule has 160 valence electrons. The fourth-order valence-corrected chi connectivity index (χ4v) is 4.35. The lowest BCUT2D eigenvalue weighted by atomic mass is 10.1. The summed E-state index contributed by atoms with van der Waals surface area (Å²) in [6.07, 6.45) is 6.77. The van der Waals surface area contributed by atoms with E-state index in [1.807, 2.05) is 37.3 Å². The van der Waals surface area contributed by atoms with Crippen LogP contribution in [0.3, 0.4) is 0 Å². The van der Waals surface area contributed by atoms with Crippen LogP contribution in [0.1, 0.15) is 44.2 Å². The average molecular weight is 412 g/mol. The molecule has 2 aliphatic heterocycles. The number of imide groups is 1. The number of imidazole rings is 1. The molecule has 0 radical (unpaired) electrons. The number of carbonyl (C=O) groups excluding carboxylic acids is 2. The third-order valence-electron chi connectivity index (χ3n) is 5.90. The number of fused-ring (bicyclic) bond motifs is 1. The molecule has 30 heavy (non-hydrogen) atoms. The number of carbonyl (C=O) groups is 2. The van der Waals surface area contributed by atoms with Crippen LogP contribution in [0.25, 0.3) is 17.1 Å². The van der Waals surface area contributed by atoms with Crippen LogP contribution in [0, 0.1) is 0 Å². The SMILES string of the molecule is C[C@H](/C=C/c1cccc2c1n(C)c(=O)n2C1CCC(=O)NC1=O)OC1CCNCC1. The second-order valence-corrected chi connectivity index (χ2v) is 8.04. The molecular formula is C22H28N4O4. The molecule has 2 atom stereocenters. The molecule has 2 fully saturated rings. The van der Waals surface area contributed by atoms with E-state index in [-0.39, 0.29) is 30.2 Å². The van der Waals surface area contributed by atoms with Crippen molar-refractivity contribution in [3.8, 4) is 0 Å². The molecule has 0 saturated carbocycles. The van der Waals surface area contributed by atoms with Crippen molar-refractivity contribution in [2.45, 2.75) is 50.9 Å². The summed E-state index contributed by atoms with van der Waals surface area (Å²) in [6.45, 7) is 3.99. The van der Waals surface area contributed by atoms with Gasteiger partial charge in [0, 0.05) is 19.0 Å². The van der Waals surface area contributed by atoms with Crippen LogP contribution in [0.2, 0.25) is 0 Å². The molecule has 1 aromatic heterocycles. The summed E-state index contributed by atoms with van der Waals surface area (Å²) in [5.74, 6) is -0.721. The summed E-state index contributed by atoms with van der Waals surface area (Å²) >= 11 is 0. The van der Waals surface area contributed by atoms with Gasteiger partial charge < -0.3 is 10.1 Å². The highest BCUT2D eigenvalue weighted by Crippen LogP contribution is 2.25. The Morgan fingerprint density at radius 1 is 1.17 bits per heavy atom. The zero-order valence-electron chi connectivity index (χ0n) is 17.4. The predicted molar refractivity (Wildman–Crippen MR) is 114 cm³/mol. The first kappa shape index (κ1) is 20.6. The fourth-order valence-electron chi connectivity index (χ4n) is 4.35. The highest BCUT2D eigenvalue weighted by atomic mass is 16.5. The van der Waals surface area contributed by atoms with E-state index in [1.54, 1.807) is 11.6 Å². The number of ether oxygens (including phenoxy) is 1. The van der Waals surface area contributed by atoms with Gasteiger partial charge in [-0.25, -0.2) is 4.79 Å². The van der Waals surface area contributed by atoms with Crippen molar-refractivity contribution in [1.82, 2.24) is 19.8 Å². The number of benzene rings is 1. The van der Waals surface area contributed by atoms with E-state index in [4.69, 9.17) is 4.74 Å². The molecule has 2 saturated heterocycles. The zero-order chi connectivity index (χ0) is 21.3. The molecule has 8 nitrogen and oxygen atoms in total. The Hall–Kier alpha value is -2.71. The van der Waals surface area contributed by atoms with Crippen molar-refractivity contribution in [1.29, 1.82) is 0 Å². The topological polar surface area (TPSA) is 94.4 Å². The Bertz CT molecular complexity index is 1050. The van der Waals surface area contributed by atoms with Crippen LogP contribution < -0.4 is 16.3 Å². The van der Waals surface area contributed by atoms with E-state index in [1.165, 1.54) is 4.57 Å². The second kappa shape index (κ2) is 8.57. The van der Waals surface area contributed by atoms with Crippen molar-refractivity contribution in [3.05, 3.63) is 40.3 Å². The summed E-state index contributed by atoms with van der Waals surface area (Å²) in [7, 11) is 1.71. The van der Waals surface area contributed by atoms with E-state index >= 15 is 0 Å². The smallest absolute Gasteiger partial charge is 0.329 e. The first-order valence-electron chi connectivity index (χ1n) is 10.5. The Morgan fingerprint density at radius 3 is 2.67 bits per heavy atom. The number of nitrogens with zero attached hydrogens (tertiary/aromatic N) is 2. The summed E-state index contributed by atoms with van der Waals surface area (Å²) in [5, 5.41) is 5.67. The van der Waals surface area contributed by atoms with E-state index in [0.717, 1.165) is 37.0 Å². The van der Waals surface area contributed by atoms with Gasteiger partial charge >= 0.3 is 5.69 Å². The lowest BCUT2D eigenvalue weighted by Gasteiger charge is -2.25. The minimum absolute atomic E-state index is 0.0439. The molecule has 2 aliphatic rings. The number of nitrogens with one attached hydrogen (secondary N) is 2. The van der Waals surface area contributed by atoms with Gasteiger partial charge in [-0.3, -0.25) is 24.0 Å². The summed E-state index contributed by atoms with van der Waals surface area (Å²) < 4.78 is 9.19. The Labute approximate surface area is 174 Å². The second-order valence-electron chi connectivity index (χ2n) is 8.04. The van der Waals surface area contributed by atoms with Gasteiger partial charge in [-0.1, -0.05) is 24.3 Å². The number of hydrogen-bond donors (Lipinski definition) is 2. The largest absolute Gasteiger partial charge is 0.371 e. The third-order valence-corrected chi connectivity index (χ3v) is 5.90. The molecule has 3 heterocycles. The van der Waals surface area contributed by atoms with Crippen LogP contribution in [0.15, 0.2) is 29.1 Å². The maximum absolute atomic E-state index is 13.0. The number of aromatic nitrogens is 2. The number of hydrogen-bond acceptors (Lipinski definition) is 5. The number of rotatable bonds is 5. The molecule has 0 aliphatic carbocycles. The average Bonchev–Trinajstić information content (AvgIpc) is 2.98. The lowest BCUT2D eigenvalue weighted by molar-refractivity contribution is -0.135. The molecule has 2 amide bonds. The highest BCUT2D eigenvalue weighted by molar-refractivity contribution is 6.00. The molecule has 0 spiro atoms. The summed E-state index contributed by atoms with van der Waals surface area (Å²) in [4.78, 5) is 36.8. The van der Waals surface area contributed by atoms with Crippen molar-refractivity contribution < 1.29 is 14.3 Å². The monoisotopic (exact) mass is 412 g/mol. The molecule has 2 N–H and O–H groups in total. The van der Waals surface area contributed by atoms with Crippen molar-refractivity contribution in [2.24, 2.45) is 7.05 Å². The first-order valence-corrected chi connectivity index (χ1v) is 10.5. The molecule has 2 aromatic rings. The van der Waals surface area contributed by atoms with Crippen LogP contribution in [-0.4, -0.2) is 46.2 Å². The minimum atomic E-state index is -0.680. The standard InChI is InChI=1S/C22H28N4O4/c1-14(30-16-10-12-23-13-11-16)6-7-15-4-3-5-17-20(15)25(2)22(29)26(17)18-8-9-19(27)24-21(18)28/h3-7,14,16,18,23H,8-13H2,1-2H3,(H,24,27,28)/b7-6+/t14-,18?/m1/s1. The Kier molecular flexibility index (Phi) is 5.87. The van der Waals surface area contributed by atoms with Crippen molar-refractivity contribution in [3.63, 3.8) is 0 Å². The fraction of sp³-hybridized carbons (Fsp3) is 0.500. The van der Waals surface area contributed by atoms with Gasteiger partial charge in [0.05, 0.1) is 23.2 Å². The normalized spacial score (nSPS) is 22.0. The molecule has 4 rings (SSSR count). The number of para-hydroxylation sites is 1.